The third-order valence-corrected chi connectivity index (χ3v) is 4.08. The number of nitrogens with one attached hydrogen (secondary N) is 1. The minimum Gasteiger partial charge on any atom is -0.370 e. The van der Waals surface area contributed by atoms with Gasteiger partial charge in [0, 0.05) is 18.7 Å². The highest BCUT2D eigenvalue weighted by Crippen LogP contribution is 2.23. The molecule has 0 fully saturated rings. The van der Waals surface area contributed by atoms with E-state index in [1.807, 2.05) is 48.5 Å². The second kappa shape index (κ2) is 8.29. The molecule has 26 heavy (non-hydrogen) atoms. The first-order chi connectivity index (χ1) is 12.7. The predicted octanol–water partition coefficient (Wildman–Crippen LogP) is 3.30. The standard InChI is InChI=1S/C20H21FN4O/c1-23-20(22)24-13-17-12-16(25-26-17)9-7-14-8-10-18(19(21)11-14)15-5-3-2-4-6-15/h2-6,8,10-12H,7,9,13H2,1H3,(H3,22,23,24). The van der Waals surface area contributed by atoms with E-state index in [0.717, 1.165) is 16.8 Å². The minimum absolute atomic E-state index is 0.215. The summed E-state index contributed by atoms with van der Waals surface area (Å²) in [6.07, 6.45) is 1.36. The average Bonchev–Trinajstić information content (AvgIpc) is 3.13. The van der Waals surface area contributed by atoms with E-state index in [4.69, 9.17) is 10.3 Å². The van der Waals surface area contributed by atoms with Crippen LogP contribution in [-0.4, -0.2) is 18.2 Å². The molecule has 0 unspecified atom stereocenters. The van der Waals surface area contributed by atoms with Crippen LogP contribution in [0.1, 0.15) is 17.0 Å². The van der Waals surface area contributed by atoms with Gasteiger partial charge >= 0.3 is 0 Å². The van der Waals surface area contributed by atoms with Crippen LogP contribution in [0.4, 0.5) is 4.39 Å². The van der Waals surface area contributed by atoms with Crippen LogP contribution in [0.25, 0.3) is 11.1 Å². The zero-order valence-corrected chi connectivity index (χ0v) is 14.6. The molecule has 6 heteroatoms. The van der Waals surface area contributed by atoms with Gasteiger partial charge in [0.15, 0.2) is 11.7 Å². The maximum absolute atomic E-state index is 14.4. The molecule has 0 bridgehead atoms. The van der Waals surface area contributed by atoms with Gasteiger partial charge in [0.2, 0.25) is 0 Å². The number of guanidine groups is 1. The van der Waals surface area contributed by atoms with Crippen molar-refractivity contribution in [2.75, 3.05) is 7.05 Å². The molecule has 0 radical (unpaired) electrons. The number of nitrogens with two attached hydrogens (primary N) is 1. The summed E-state index contributed by atoms with van der Waals surface area (Å²) in [5.41, 5.74) is 8.80. The first-order valence-electron chi connectivity index (χ1n) is 8.40. The highest BCUT2D eigenvalue weighted by atomic mass is 19.1. The number of aryl methyl sites for hydroxylation is 2. The molecular formula is C20H21FN4O. The van der Waals surface area contributed by atoms with E-state index in [2.05, 4.69) is 15.5 Å². The quantitative estimate of drug-likeness (QED) is 0.527. The molecular weight excluding hydrogens is 331 g/mol. The number of hydrogen-bond donors (Lipinski definition) is 2. The van der Waals surface area contributed by atoms with Gasteiger partial charge in [0.05, 0.1) is 12.2 Å². The number of nitrogens with zero attached hydrogens (tertiary/aromatic N) is 2. The lowest BCUT2D eigenvalue weighted by Gasteiger charge is -2.06. The van der Waals surface area contributed by atoms with E-state index < -0.39 is 0 Å². The Labute approximate surface area is 151 Å². The number of aromatic nitrogens is 1. The Bertz CT molecular complexity index is 890. The first kappa shape index (κ1) is 17.7. The molecule has 0 saturated carbocycles. The first-order valence-corrected chi connectivity index (χ1v) is 8.40. The van der Waals surface area contributed by atoms with E-state index >= 15 is 0 Å². The summed E-state index contributed by atoms with van der Waals surface area (Å²) in [6.45, 7) is 0.427. The largest absolute Gasteiger partial charge is 0.370 e. The van der Waals surface area contributed by atoms with Gasteiger partial charge < -0.3 is 15.6 Å². The highest BCUT2D eigenvalue weighted by Gasteiger charge is 2.08. The molecule has 2 aromatic carbocycles. The Morgan fingerprint density at radius 3 is 2.69 bits per heavy atom. The maximum Gasteiger partial charge on any atom is 0.188 e. The number of halogens is 1. The fraction of sp³-hybridized carbons (Fsp3) is 0.200. The fourth-order valence-corrected chi connectivity index (χ4v) is 2.65. The Kier molecular flexibility index (Phi) is 5.63. The van der Waals surface area contributed by atoms with Crippen LogP contribution in [-0.2, 0) is 19.4 Å². The van der Waals surface area contributed by atoms with E-state index in [9.17, 15) is 4.39 Å². The van der Waals surface area contributed by atoms with Crippen molar-refractivity contribution in [3.8, 4) is 11.1 Å². The van der Waals surface area contributed by atoms with Crippen LogP contribution in [0.5, 0.6) is 0 Å². The lowest BCUT2D eigenvalue weighted by atomic mass is 10.0. The van der Waals surface area contributed by atoms with E-state index in [-0.39, 0.29) is 5.82 Å². The van der Waals surface area contributed by atoms with Gasteiger partial charge in [0.25, 0.3) is 0 Å². The summed E-state index contributed by atoms with van der Waals surface area (Å²) in [5.74, 6) is 0.808. The molecule has 0 spiro atoms. The van der Waals surface area contributed by atoms with Gasteiger partial charge in [-0.3, -0.25) is 4.99 Å². The molecule has 3 rings (SSSR count). The maximum atomic E-state index is 14.4. The van der Waals surface area contributed by atoms with Crippen molar-refractivity contribution in [1.82, 2.24) is 10.5 Å². The van der Waals surface area contributed by atoms with Gasteiger partial charge in [-0.2, -0.15) is 0 Å². The van der Waals surface area contributed by atoms with Gasteiger partial charge in [-0.15, -0.1) is 0 Å². The lowest BCUT2D eigenvalue weighted by molar-refractivity contribution is 0.374. The van der Waals surface area contributed by atoms with Gasteiger partial charge in [-0.1, -0.05) is 47.6 Å². The second-order valence-corrected chi connectivity index (χ2v) is 5.93. The van der Waals surface area contributed by atoms with Crippen molar-refractivity contribution >= 4 is 5.96 Å². The summed E-state index contributed by atoms with van der Waals surface area (Å²) >= 11 is 0. The highest BCUT2D eigenvalue weighted by molar-refractivity contribution is 5.77. The molecule has 0 amide bonds. The van der Waals surface area contributed by atoms with Crippen LogP contribution < -0.4 is 11.1 Å². The Hall–Kier alpha value is -3.15. The van der Waals surface area contributed by atoms with Crippen molar-refractivity contribution in [1.29, 1.82) is 0 Å². The van der Waals surface area contributed by atoms with Gasteiger partial charge in [-0.25, -0.2) is 4.39 Å². The predicted molar refractivity (Wildman–Crippen MR) is 100 cm³/mol. The van der Waals surface area contributed by atoms with Crippen LogP contribution >= 0.6 is 0 Å². The fourth-order valence-electron chi connectivity index (χ4n) is 2.65. The smallest absolute Gasteiger partial charge is 0.188 e. The lowest BCUT2D eigenvalue weighted by Crippen LogP contribution is -2.30. The van der Waals surface area contributed by atoms with Crippen LogP contribution in [0.15, 0.2) is 64.1 Å². The molecule has 3 N–H and O–H groups in total. The summed E-state index contributed by atoms with van der Waals surface area (Å²) in [5, 5.41) is 6.94. The monoisotopic (exact) mass is 352 g/mol. The van der Waals surface area contributed by atoms with Crippen molar-refractivity contribution in [3.63, 3.8) is 0 Å². The van der Waals surface area contributed by atoms with Crippen LogP contribution in [0, 0.1) is 5.82 Å². The summed E-state index contributed by atoms with van der Waals surface area (Å²) in [6, 6.07) is 16.8. The van der Waals surface area contributed by atoms with Crippen LogP contribution in [0.2, 0.25) is 0 Å². The van der Waals surface area contributed by atoms with Crippen molar-refractivity contribution in [3.05, 3.63) is 77.4 Å². The van der Waals surface area contributed by atoms with Gasteiger partial charge in [0.1, 0.15) is 5.82 Å². The molecule has 0 saturated heterocycles. The molecule has 5 nitrogen and oxygen atoms in total. The third kappa shape index (κ3) is 4.47. The Balaban J connectivity index is 1.60. The average molecular weight is 352 g/mol. The number of benzene rings is 2. The Morgan fingerprint density at radius 2 is 1.96 bits per heavy atom. The van der Waals surface area contributed by atoms with E-state index in [0.29, 0.717) is 36.7 Å². The second-order valence-electron chi connectivity index (χ2n) is 5.93. The summed E-state index contributed by atoms with van der Waals surface area (Å²) in [7, 11) is 1.61. The normalized spacial score (nSPS) is 11.5. The molecule has 134 valence electrons. The molecule has 1 heterocycles. The van der Waals surface area contributed by atoms with Crippen molar-refractivity contribution in [2.24, 2.45) is 10.7 Å². The zero-order valence-electron chi connectivity index (χ0n) is 14.6. The van der Waals surface area contributed by atoms with Crippen LogP contribution in [0.3, 0.4) is 0 Å². The number of hydrogen-bond acceptors (Lipinski definition) is 3. The molecule has 0 aliphatic rings. The third-order valence-electron chi connectivity index (χ3n) is 4.08. The van der Waals surface area contributed by atoms with E-state index in [1.165, 1.54) is 0 Å². The summed E-state index contributed by atoms with van der Waals surface area (Å²) in [4.78, 5) is 3.81. The SMILES string of the molecule is CN=C(N)NCc1cc(CCc2ccc(-c3ccccc3)c(F)c2)no1. The molecule has 3 aromatic rings. The zero-order chi connectivity index (χ0) is 18.4. The molecule has 0 atom stereocenters. The summed E-state index contributed by atoms with van der Waals surface area (Å²) < 4.78 is 19.7. The topological polar surface area (TPSA) is 76.4 Å². The number of rotatable bonds is 6. The molecule has 0 aliphatic carbocycles. The van der Waals surface area contributed by atoms with Crippen molar-refractivity contribution < 1.29 is 8.91 Å². The Morgan fingerprint density at radius 1 is 1.15 bits per heavy atom. The van der Waals surface area contributed by atoms with Crippen molar-refractivity contribution in [2.45, 2.75) is 19.4 Å². The molecule has 0 aliphatic heterocycles. The van der Waals surface area contributed by atoms with E-state index in [1.54, 1.807) is 13.1 Å². The number of aliphatic imine (C=N–C) groups is 1. The van der Waals surface area contributed by atoms with Gasteiger partial charge in [-0.05, 0) is 30.0 Å². The molecule has 1 aromatic heterocycles. The minimum atomic E-state index is -0.215.